The number of nitrogens with zero attached hydrogens (tertiary/aromatic N) is 1. The molecule has 0 spiro atoms. The second-order valence-electron chi connectivity index (χ2n) is 7.56. The van der Waals surface area contributed by atoms with Crippen LogP contribution in [0.5, 0.6) is 11.5 Å². The molecule has 0 radical (unpaired) electrons. The molecule has 3 N–H and O–H groups in total. The summed E-state index contributed by atoms with van der Waals surface area (Å²) in [6, 6.07) is 19.2. The molecule has 0 aliphatic heterocycles. The van der Waals surface area contributed by atoms with Crippen LogP contribution in [0.4, 0.5) is 5.69 Å². The van der Waals surface area contributed by atoms with Gasteiger partial charge in [-0.15, -0.1) is 0 Å². The summed E-state index contributed by atoms with van der Waals surface area (Å²) in [4.78, 5) is 20.3. The highest BCUT2D eigenvalue weighted by molar-refractivity contribution is 9.10. The number of H-pyrrole nitrogens is 1. The van der Waals surface area contributed by atoms with Gasteiger partial charge < -0.3 is 25.1 Å². The fourth-order valence-electron chi connectivity index (χ4n) is 3.43. The lowest BCUT2D eigenvalue weighted by Gasteiger charge is -2.17. The summed E-state index contributed by atoms with van der Waals surface area (Å²) >= 11 is 3.59. The Morgan fingerprint density at radius 3 is 2.61 bits per heavy atom. The minimum absolute atomic E-state index is 0.142. The van der Waals surface area contributed by atoms with E-state index in [0.29, 0.717) is 24.6 Å². The van der Waals surface area contributed by atoms with Crippen molar-refractivity contribution < 1.29 is 14.3 Å². The summed E-state index contributed by atoms with van der Waals surface area (Å²) in [5.41, 5.74) is 4.64. The van der Waals surface area contributed by atoms with Crippen LogP contribution in [0.2, 0.25) is 0 Å². The van der Waals surface area contributed by atoms with Crippen molar-refractivity contribution in [2.24, 2.45) is 0 Å². The van der Waals surface area contributed by atoms with Crippen LogP contribution in [-0.2, 0) is 17.9 Å². The van der Waals surface area contributed by atoms with Crippen molar-refractivity contribution in [3.8, 4) is 11.5 Å². The predicted molar refractivity (Wildman–Crippen MR) is 133 cm³/mol. The lowest BCUT2D eigenvalue weighted by atomic mass is 10.2. The SMILES string of the molecule is COc1ccc(Br)c(CNCc2nc3ccccc3[nH]2)c1OCC(=O)Nc1ccc(C)cc1. The molecule has 0 saturated heterocycles. The number of halogens is 1. The van der Waals surface area contributed by atoms with Crippen LogP contribution in [0, 0.1) is 6.92 Å². The molecule has 1 aromatic heterocycles. The summed E-state index contributed by atoms with van der Waals surface area (Å²) in [6.45, 7) is 2.89. The molecule has 0 aliphatic carbocycles. The average Bonchev–Trinajstić information content (AvgIpc) is 3.23. The van der Waals surface area contributed by atoms with E-state index < -0.39 is 0 Å². The topological polar surface area (TPSA) is 88.3 Å². The van der Waals surface area contributed by atoms with Crippen LogP contribution in [0.1, 0.15) is 17.0 Å². The van der Waals surface area contributed by atoms with E-state index in [1.165, 1.54) is 0 Å². The van der Waals surface area contributed by atoms with E-state index in [0.717, 1.165) is 38.1 Å². The standard InChI is InChI=1S/C25H25BrN4O3/c1-16-7-9-17(10-8-16)28-24(31)15-33-25-18(19(26)11-12-22(25)32-2)13-27-14-23-29-20-5-3-4-6-21(20)30-23/h3-12,27H,13-15H2,1-2H3,(H,28,31)(H,29,30). The molecule has 0 aliphatic rings. The van der Waals surface area contributed by atoms with Gasteiger partial charge in [0.2, 0.25) is 0 Å². The van der Waals surface area contributed by atoms with Gasteiger partial charge in [-0.05, 0) is 43.3 Å². The molecule has 33 heavy (non-hydrogen) atoms. The molecule has 1 amide bonds. The molecule has 170 valence electrons. The molecule has 0 unspecified atom stereocenters. The summed E-state index contributed by atoms with van der Waals surface area (Å²) < 4.78 is 12.3. The monoisotopic (exact) mass is 508 g/mol. The molecule has 0 fully saturated rings. The van der Waals surface area contributed by atoms with E-state index in [1.807, 2.05) is 61.5 Å². The first-order chi connectivity index (χ1) is 16.0. The summed E-state index contributed by atoms with van der Waals surface area (Å²) in [5.74, 6) is 1.67. The fraction of sp³-hybridized carbons (Fsp3) is 0.200. The van der Waals surface area contributed by atoms with Gasteiger partial charge in [-0.25, -0.2) is 4.98 Å². The lowest BCUT2D eigenvalue weighted by molar-refractivity contribution is -0.118. The number of rotatable bonds is 9. The number of aromatic amines is 1. The maximum atomic E-state index is 12.4. The maximum absolute atomic E-state index is 12.4. The normalized spacial score (nSPS) is 10.9. The number of amides is 1. The number of carbonyl (C=O) groups is 1. The Morgan fingerprint density at radius 2 is 1.85 bits per heavy atom. The lowest BCUT2D eigenvalue weighted by Crippen LogP contribution is -2.21. The first-order valence-electron chi connectivity index (χ1n) is 10.5. The summed E-state index contributed by atoms with van der Waals surface area (Å²) in [7, 11) is 1.58. The molecule has 8 heteroatoms. The molecule has 0 bridgehead atoms. The van der Waals surface area contributed by atoms with Gasteiger partial charge >= 0.3 is 0 Å². The van der Waals surface area contributed by atoms with Crippen molar-refractivity contribution in [2.75, 3.05) is 19.0 Å². The number of nitrogens with one attached hydrogen (secondary N) is 3. The van der Waals surface area contributed by atoms with Crippen LogP contribution in [0.3, 0.4) is 0 Å². The van der Waals surface area contributed by atoms with Gasteiger partial charge in [-0.2, -0.15) is 0 Å². The summed E-state index contributed by atoms with van der Waals surface area (Å²) in [5, 5.41) is 6.23. The molecule has 7 nitrogen and oxygen atoms in total. The number of fused-ring (bicyclic) bond motifs is 1. The number of hydrogen-bond donors (Lipinski definition) is 3. The van der Waals surface area contributed by atoms with E-state index in [-0.39, 0.29) is 12.5 Å². The number of para-hydroxylation sites is 2. The first kappa shape index (κ1) is 22.8. The Bertz CT molecular complexity index is 1220. The number of imidazole rings is 1. The van der Waals surface area contributed by atoms with Gasteiger partial charge in [-0.3, -0.25) is 4.79 Å². The Labute approximate surface area is 200 Å². The van der Waals surface area contributed by atoms with Crippen LogP contribution < -0.4 is 20.1 Å². The number of aromatic nitrogens is 2. The predicted octanol–water partition coefficient (Wildman–Crippen LogP) is 4.95. The molecular weight excluding hydrogens is 484 g/mol. The van der Waals surface area contributed by atoms with Crippen LogP contribution in [0.15, 0.2) is 65.1 Å². The second kappa shape index (κ2) is 10.5. The Balaban J connectivity index is 1.42. The molecular formula is C25H25BrN4O3. The van der Waals surface area contributed by atoms with Crippen molar-refractivity contribution >= 4 is 38.6 Å². The number of ether oxygens (including phenoxy) is 2. The van der Waals surface area contributed by atoms with Crippen molar-refractivity contribution in [3.63, 3.8) is 0 Å². The molecule has 4 aromatic rings. The minimum atomic E-state index is -0.248. The van der Waals surface area contributed by atoms with Gasteiger partial charge in [-0.1, -0.05) is 45.8 Å². The number of methoxy groups -OCH3 is 1. The van der Waals surface area contributed by atoms with E-state index in [1.54, 1.807) is 13.2 Å². The van der Waals surface area contributed by atoms with E-state index in [4.69, 9.17) is 9.47 Å². The maximum Gasteiger partial charge on any atom is 0.262 e. The van der Waals surface area contributed by atoms with E-state index >= 15 is 0 Å². The van der Waals surface area contributed by atoms with Gasteiger partial charge in [0.05, 0.1) is 24.7 Å². The molecule has 3 aromatic carbocycles. The zero-order valence-electron chi connectivity index (χ0n) is 18.4. The minimum Gasteiger partial charge on any atom is -0.493 e. The third kappa shape index (κ3) is 5.71. The number of benzene rings is 3. The van der Waals surface area contributed by atoms with Crippen LogP contribution in [0.25, 0.3) is 11.0 Å². The zero-order chi connectivity index (χ0) is 23.2. The molecule has 1 heterocycles. The second-order valence-corrected chi connectivity index (χ2v) is 8.42. The number of carbonyl (C=O) groups excluding carboxylic acids is 1. The smallest absolute Gasteiger partial charge is 0.262 e. The molecule has 0 atom stereocenters. The summed E-state index contributed by atoms with van der Waals surface area (Å²) in [6.07, 6.45) is 0. The molecule has 0 saturated carbocycles. The van der Waals surface area contributed by atoms with Crippen molar-refractivity contribution in [1.29, 1.82) is 0 Å². The number of hydrogen-bond acceptors (Lipinski definition) is 5. The van der Waals surface area contributed by atoms with Gasteiger partial charge in [0, 0.05) is 22.3 Å². The third-order valence-electron chi connectivity index (χ3n) is 5.10. The quantitative estimate of drug-likeness (QED) is 0.297. The van der Waals surface area contributed by atoms with Crippen molar-refractivity contribution in [1.82, 2.24) is 15.3 Å². The Hall–Kier alpha value is -3.36. The molecule has 4 rings (SSSR count). The van der Waals surface area contributed by atoms with Crippen molar-refractivity contribution in [2.45, 2.75) is 20.0 Å². The van der Waals surface area contributed by atoms with Gasteiger partial charge in [0.1, 0.15) is 5.82 Å². The first-order valence-corrected chi connectivity index (χ1v) is 11.3. The number of anilines is 1. The van der Waals surface area contributed by atoms with E-state index in [2.05, 4.69) is 36.5 Å². The highest BCUT2D eigenvalue weighted by atomic mass is 79.9. The van der Waals surface area contributed by atoms with Gasteiger partial charge in [0.15, 0.2) is 18.1 Å². The fourth-order valence-corrected chi connectivity index (χ4v) is 3.89. The number of aryl methyl sites for hydroxylation is 1. The Morgan fingerprint density at radius 1 is 1.06 bits per heavy atom. The largest absolute Gasteiger partial charge is 0.493 e. The van der Waals surface area contributed by atoms with Crippen LogP contribution in [-0.4, -0.2) is 29.6 Å². The Kier molecular flexibility index (Phi) is 7.26. The average molecular weight is 509 g/mol. The highest BCUT2D eigenvalue weighted by Gasteiger charge is 2.16. The highest BCUT2D eigenvalue weighted by Crippen LogP contribution is 2.36. The van der Waals surface area contributed by atoms with Gasteiger partial charge in [0.25, 0.3) is 5.91 Å². The van der Waals surface area contributed by atoms with Crippen LogP contribution >= 0.6 is 15.9 Å². The zero-order valence-corrected chi connectivity index (χ0v) is 20.0. The van der Waals surface area contributed by atoms with E-state index in [9.17, 15) is 4.79 Å². The van der Waals surface area contributed by atoms with Crippen molar-refractivity contribution in [3.05, 3.63) is 82.1 Å². The third-order valence-corrected chi connectivity index (χ3v) is 5.85.